The first-order valence-corrected chi connectivity index (χ1v) is 8.68. The maximum Gasteiger partial charge on any atom is 0.276 e. The molecule has 26 heavy (non-hydrogen) atoms. The molecule has 0 atom stereocenters. The lowest BCUT2D eigenvalue weighted by molar-refractivity contribution is -0.121. The lowest BCUT2D eigenvalue weighted by Gasteiger charge is -2.11. The van der Waals surface area contributed by atoms with Crippen molar-refractivity contribution < 1.29 is 13.9 Å². The second-order valence-electron chi connectivity index (χ2n) is 5.58. The number of carbonyl (C=O) groups excluding carboxylic acids is 1. The molecular formula is C18H13Cl2FN2O2S. The molecule has 2 aromatic rings. The van der Waals surface area contributed by atoms with Crippen molar-refractivity contribution in [1.82, 2.24) is 10.2 Å². The van der Waals surface area contributed by atoms with Gasteiger partial charge in [0.25, 0.3) is 5.91 Å². The molecule has 0 aromatic heterocycles. The minimum absolute atomic E-state index is 0.194. The van der Waals surface area contributed by atoms with Crippen molar-refractivity contribution in [3.8, 4) is 5.75 Å². The number of benzene rings is 2. The van der Waals surface area contributed by atoms with Crippen molar-refractivity contribution in [3.05, 3.63) is 69.1 Å². The summed E-state index contributed by atoms with van der Waals surface area (Å²) in [6.07, 6.45) is 1.61. The van der Waals surface area contributed by atoms with Gasteiger partial charge in [-0.1, -0.05) is 35.3 Å². The summed E-state index contributed by atoms with van der Waals surface area (Å²) in [5.41, 5.74) is 1.75. The van der Waals surface area contributed by atoms with Gasteiger partial charge >= 0.3 is 0 Å². The Morgan fingerprint density at radius 1 is 1.23 bits per heavy atom. The third kappa shape index (κ3) is 3.98. The SMILES string of the molecule is CN1C(=O)/C(=C/c2cc(Cl)c(OCc3ccc(F)cc3)c(Cl)c2)NC1=S. The standard InChI is InChI=1S/C18H13Cl2FN2O2S/c1-23-17(24)15(22-18(23)26)8-11-6-13(19)16(14(20)7-11)25-9-10-2-4-12(21)5-3-10/h2-8H,9H2,1H3,(H,22,26)/b15-8-. The van der Waals surface area contributed by atoms with E-state index >= 15 is 0 Å². The summed E-state index contributed by atoms with van der Waals surface area (Å²) in [7, 11) is 1.59. The zero-order valence-corrected chi connectivity index (χ0v) is 15.9. The van der Waals surface area contributed by atoms with Gasteiger partial charge in [0.1, 0.15) is 18.1 Å². The van der Waals surface area contributed by atoms with E-state index in [2.05, 4.69) is 5.32 Å². The molecular weight excluding hydrogens is 398 g/mol. The molecule has 2 aromatic carbocycles. The molecule has 134 valence electrons. The molecule has 3 rings (SSSR count). The molecule has 1 aliphatic heterocycles. The normalized spacial score (nSPS) is 15.5. The molecule has 1 saturated heterocycles. The molecule has 0 saturated carbocycles. The molecule has 4 nitrogen and oxygen atoms in total. The Bertz CT molecular complexity index is 893. The average molecular weight is 411 g/mol. The lowest BCUT2D eigenvalue weighted by atomic mass is 10.1. The van der Waals surface area contributed by atoms with Crippen LogP contribution in [0.15, 0.2) is 42.1 Å². The van der Waals surface area contributed by atoms with E-state index in [0.717, 1.165) is 5.56 Å². The van der Waals surface area contributed by atoms with E-state index in [1.165, 1.54) is 17.0 Å². The molecule has 8 heteroatoms. The molecule has 0 aliphatic carbocycles. The summed E-state index contributed by atoms with van der Waals surface area (Å²) < 4.78 is 18.6. The summed E-state index contributed by atoms with van der Waals surface area (Å²) in [5, 5.41) is 3.76. The van der Waals surface area contributed by atoms with Gasteiger partial charge in [0, 0.05) is 7.05 Å². The van der Waals surface area contributed by atoms with E-state index in [4.69, 9.17) is 40.2 Å². The van der Waals surface area contributed by atoms with E-state index in [1.807, 2.05) is 0 Å². The highest BCUT2D eigenvalue weighted by Gasteiger charge is 2.27. The van der Waals surface area contributed by atoms with Gasteiger partial charge in [-0.25, -0.2) is 4.39 Å². The number of nitrogens with zero attached hydrogens (tertiary/aromatic N) is 1. The summed E-state index contributed by atoms with van der Waals surface area (Å²) >= 11 is 17.6. The number of ether oxygens (including phenoxy) is 1. The number of carbonyl (C=O) groups is 1. The Morgan fingerprint density at radius 2 is 1.85 bits per heavy atom. The molecule has 1 fully saturated rings. The van der Waals surface area contributed by atoms with E-state index in [0.29, 0.717) is 32.2 Å². The van der Waals surface area contributed by atoms with Crippen LogP contribution in [-0.2, 0) is 11.4 Å². The van der Waals surface area contributed by atoms with E-state index in [-0.39, 0.29) is 18.3 Å². The fraction of sp³-hybridized carbons (Fsp3) is 0.111. The van der Waals surface area contributed by atoms with E-state index in [1.54, 1.807) is 37.4 Å². The second-order valence-corrected chi connectivity index (χ2v) is 6.78. The highest BCUT2D eigenvalue weighted by molar-refractivity contribution is 7.80. The minimum atomic E-state index is -0.317. The third-order valence-corrected chi connectivity index (χ3v) is 4.65. The van der Waals surface area contributed by atoms with Gasteiger partial charge in [-0.15, -0.1) is 0 Å². The number of hydrogen-bond acceptors (Lipinski definition) is 3. The quantitative estimate of drug-likeness (QED) is 0.598. The Labute approximate surface area is 165 Å². The molecule has 1 amide bonds. The summed E-state index contributed by atoms with van der Waals surface area (Å²) in [5.74, 6) is -0.237. The van der Waals surface area contributed by atoms with Crippen LogP contribution in [0.2, 0.25) is 10.0 Å². The molecule has 1 N–H and O–H groups in total. The predicted molar refractivity (Wildman–Crippen MR) is 104 cm³/mol. The van der Waals surface area contributed by atoms with Crippen LogP contribution in [0.1, 0.15) is 11.1 Å². The monoisotopic (exact) mass is 410 g/mol. The molecule has 0 bridgehead atoms. The first-order valence-electron chi connectivity index (χ1n) is 7.52. The summed E-state index contributed by atoms with van der Waals surface area (Å²) in [4.78, 5) is 13.4. The van der Waals surface area contributed by atoms with E-state index in [9.17, 15) is 9.18 Å². The van der Waals surface area contributed by atoms with Crippen LogP contribution in [0, 0.1) is 5.82 Å². The van der Waals surface area contributed by atoms with Gasteiger partial charge in [0.05, 0.1) is 10.0 Å². The van der Waals surface area contributed by atoms with Gasteiger partial charge < -0.3 is 10.1 Å². The maximum atomic E-state index is 12.9. The highest BCUT2D eigenvalue weighted by Crippen LogP contribution is 2.35. The van der Waals surface area contributed by atoms with Crippen LogP contribution < -0.4 is 10.1 Å². The fourth-order valence-electron chi connectivity index (χ4n) is 2.33. The number of halogens is 3. The number of amides is 1. The van der Waals surface area contributed by atoms with Crippen LogP contribution in [0.25, 0.3) is 6.08 Å². The topological polar surface area (TPSA) is 41.6 Å². The van der Waals surface area contributed by atoms with Gasteiger partial charge in [-0.05, 0) is 53.7 Å². The number of nitrogens with one attached hydrogen (secondary N) is 1. The number of likely N-dealkylation sites (N-methyl/N-ethyl adjacent to an activating group) is 1. The highest BCUT2D eigenvalue weighted by atomic mass is 35.5. The largest absolute Gasteiger partial charge is 0.486 e. The van der Waals surface area contributed by atoms with E-state index < -0.39 is 0 Å². The third-order valence-electron chi connectivity index (χ3n) is 3.71. The van der Waals surface area contributed by atoms with Crippen molar-refractivity contribution in [3.63, 3.8) is 0 Å². The fourth-order valence-corrected chi connectivity index (χ4v) is 3.13. The maximum absolute atomic E-state index is 12.9. The molecule has 0 spiro atoms. The zero-order valence-electron chi connectivity index (χ0n) is 13.6. The van der Waals surface area contributed by atoms with Crippen molar-refractivity contribution >= 4 is 52.5 Å². The van der Waals surface area contributed by atoms with Crippen LogP contribution in [0.3, 0.4) is 0 Å². The summed E-state index contributed by atoms with van der Waals surface area (Å²) in [6.45, 7) is 0.194. The van der Waals surface area contributed by atoms with Crippen LogP contribution in [-0.4, -0.2) is 23.0 Å². The lowest BCUT2D eigenvalue weighted by Crippen LogP contribution is -2.25. The van der Waals surface area contributed by atoms with Crippen molar-refractivity contribution in [2.75, 3.05) is 7.05 Å². The molecule has 1 aliphatic rings. The Balaban J connectivity index is 1.79. The van der Waals surface area contributed by atoms with Crippen molar-refractivity contribution in [1.29, 1.82) is 0 Å². The second kappa shape index (κ2) is 7.61. The Kier molecular flexibility index (Phi) is 5.46. The van der Waals surface area contributed by atoms with Crippen molar-refractivity contribution in [2.45, 2.75) is 6.61 Å². The number of rotatable bonds is 4. The smallest absolute Gasteiger partial charge is 0.276 e. The zero-order chi connectivity index (χ0) is 18.8. The minimum Gasteiger partial charge on any atom is -0.486 e. The first-order chi connectivity index (χ1) is 12.3. The van der Waals surface area contributed by atoms with Crippen molar-refractivity contribution in [2.24, 2.45) is 0 Å². The van der Waals surface area contributed by atoms with Gasteiger partial charge in [-0.3, -0.25) is 9.69 Å². The van der Waals surface area contributed by atoms with Crippen LogP contribution in [0.5, 0.6) is 5.75 Å². The van der Waals surface area contributed by atoms with Crippen LogP contribution >= 0.6 is 35.4 Å². The molecule has 1 heterocycles. The Morgan fingerprint density at radius 3 is 2.38 bits per heavy atom. The number of hydrogen-bond donors (Lipinski definition) is 1. The predicted octanol–water partition coefficient (Wildman–Crippen LogP) is 4.40. The first kappa shape index (κ1) is 18.6. The molecule has 0 unspecified atom stereocenters. The average Bonchev–Trinajstić information content (AvgIpc) is 2.83. The van der Waals surface area contributed by atoms with Gasteiger partial charge in [-0.2, -0.15) is 0 Å². The van der Waals surface area contributed by atoms with Crippen LogP contribution in [0.4, 0.5) is 4.39 Å². The Hall–Kier alpha value is -2.15. The number of thiocarbonyl (C=S) groups is 1. The molecule has 0 radical (unpaired) electrons. The van der Waals surface area contributed by atoms with Gasteiger partial charge in [0.2, 0.25) is 0 Å². The summed E-state index contributed by atoms with van der Waals surface area (Å²) in [6, 6.07) is 9.21. The van der Waals surface area contributed by atoms with Gasteiger partial charge in [0.15, 0.2) is 10.9 Å².